The maximum absolute atomic E-state index is 13.2. The van der Waals surface area contributed by atoms with Crippen molar-refractivity contribution in [3.63, 3.8) is 0 Å². The summed E-state index contributed by atoms with van der Waals surface area (Å²) in [6, 6.07) is 3.10. The number of benzene rings is 1. The Labute approximate surface area is 147 Å². The van der Waals surface area contributed by atoms with Gasteiger partial charge in [0.1, 0.15) is 6.04 Å². The van der Waals surface area contributed by atoms with Crippen LogP contribution in [-0.4, -0.2) is 50.1 Å². The van der Waals surface area contributed by atoms with E-state index in [9.17, 15) is 18.3 Å². The van der Waals surface area contributed by atoms with Gasteiger partial charge in [-0.1, -0.05) is 12.8 Å². The Bertz CT molecular complexity index is 762. The molecule has 25 heavy (non-hydrogen) atoms. The third-order valence-corrected chi connectivity index (χ3v) is 7.17. The Morgan fingerprint density at radius 2 is 1.84 bits per heavy atom. The third-order valence-electron chi connectivity index (χ3n) is 5.24. The fraction of sp³-hybridized carbons (Fsp3) is 0.588. The maximum Gasteiger partial charge on any atom is 0.322 e. The van der Waals surface area contributed by atoms with Crippen LogP contribution in [0.4, 0.5) is 0 Å². The number of nitrogens with zero attached hydrogens (tertiary/aromatic N) is 1. The highest BCUT2D eigenvalue weighted by Gasteiger charge is 2.51. The van der Waals surface area contributed by atoms with Gasteiger partial charge in [0, 0.05) is 12.1 Å². The monoisotopic (exact) mass is 369 g/mol. The Kier molecular flexibility index (Phi) is 4.92. The largest absolute Gasteiger partial charge is 0.493 e. The minimum atomic E-state index is -3.94. The van der Waals surface area contributed by atoms with Crippen molar-refractivity contribution >= 4 is 16.0 Å². The van der Waals surface area contributed by atoms with E-state index in [0.29, 0.717) is 24.3 Å². The molecule has 7 nitrogen and oxygen atoms in total. The van der Waals surface area contributed by atoms with Gasteiger partial charge in [-0.2, -0.15) is 4.31 Å². The van der Waals surface area contributed by atoms with Crippen LogP contribution in [0.1, 0.15) is 32.1 Å². The molecule has 1 aromatic rings. The SMILES string of the molecule is COc1ccc(S(=O)(=O)N2C(C(=O)O)CC3CCCCC32)cc1OC. The summed E-state index contributed by atoms with van der Waals surface area (Å²) in [4.78, 5) is 11.7. The van der Waals surface area contributed by atoms with Gasteiger partial charge in [-0.25, -0.2) is 8.42 Å². The number of hydrogen-bond acceptors (Lipinski definition) is 5. The second-order valence-corrected chi connectivity index (χ2v) is 8.40. The predicted molar refractivity (Wildman–Crippen MR) is 90.4 cm³/mol. The van der Waals surface area contributed by atoms with Gasteiger partial charge in [-0.15, -0.1) is 0 Å². The Morgan fingerprint density at radius 3 is 2.48 bits per heavy atom. The number of carboxylic acid groups (broad SMARTS) is 1. The lowest BCUT2D eigenvalue weighted by Gasteiger charge is -2.32. The predicted octanol–water partition coefficient (Wildman–Crippen LogP) is 2.11. The lowest BCUT2D eigenvalue weighted by molar-refractivity contribution is -0.141. The van der Waals surface area contributed by atoms with Crippen LogP contribution in [0.25, 0.3) is 0 Å². The van der Waals surface area contributed by atoms with Crippen LogP contribution < -0.4 is 9.47 Å². The first-order valence-corrected chi connectivity index (χ1v) is 9.82. The van der Waals surface area contributed by atoms with E-state index in [1.54, 1.807) is 0 Å². The summed E-state index contributed by atoms with van der Waals surface area (Å²) < 4.78 is 38.0. The quantitative estimate of drug-likeness (QED) is 0.854. The van der Waals surface area contributed by atoms with Crippen LogP contribution in [0.5, 0.6) is 11.5 Å². The highest BCUT2D eigenvalue weighted by Crippen LogP contribution is 2.43. The molecule has 0 bridgehead atoms. The Balaban J connectivity index is 2.03. The highest BCUT2D eigenvalue weighted by molar-refractivity contribution is 7.89. The van der Waals surface area contributed by atoms with Crippen molar-refractivity contribution in [1.82, 2.24) is 4.31 Å². The number of methoxy groups -OCH3 is 2. The molecular formula is C17H23NO6S. The topological polar surface area (TPSA) is 93.1 Å². The molecule has 3 unspecified atom stereocenters. The van der Waals surface area contributed by atoms with Crippen LogP contribution >= 0.6 is 0 Å². The Morgan fingerprint density at radius 1 is 1.16 bits per heavy atom. The second-order valence-electron chi connectivity index (χ2n) is 6.55. The van der Waals surface area contributed by atoms with Gasteiger partial charge >= 0.3 is 5.97 Å². The highest BCUT2D eigenvalue weighted by atomic mass is 32.2. The van der Waals surface area contributed by atoms with Crippen LogP contribution in [0.15, 0.2) is 23.1 Å². The number of sulfonamides is 1. The van der Waals surface area contributed by atoms with E-state index in [2.05, 4.69) is 0 Å². The van der Waals surface area contributed by atoms with E-state index in [4.69, 9.17) is 9.47 Å². The molecule has 1 saturated heterocycles. The molecular weight excluding hydrogens is 346 g/mol. The maximum atomic E-state index is 13.2. The molecule has 8 heteroatoms. The van der Waals surface area contributed by atoms with Gasteiger partial charge in [0.2, 0.25) is 10.0 Å². The van der Waals surface area contributed by atoms with E-state index >= 15 is 0 Å². The molecule has 1 aliphatic carbocycles. The average molecular weight is 369 g/mol. The molecule has 1 heterocycles. The zero-order chi connectivity index (χ0) is 18.2. The first-order valence-electron chi connectivity index (χ1n) is 8.38. The normalized spacial score (nSPS) is 26.9. The van der Waals surface area contributed by atoms with Gasteiger partial charge in [0.15, 0.2) is 11.5 Å². The molecule has 0 spiro atoms. The van der Waals surface area contributed by atoms with E-state index in [-0.39, 0.29) is 16.9 Å². The van der Waals surface area contributed by atoms with Gasteiger partial charge in [0.25, 0.3) is 0 Å². The summed E-state index contributed by atoms with van der Waals surface area (Å²) in [6.45, 7) is 0. The molecule has 1 N–H and O–H groups in total. The van der Waals surface area contributed by atoms with Crippen molar-refractivity contribution in [3.8, 4) is 11.5 Å². The van der Waals surface area contributed by atoms with Crippen molar-refractivity contribution in [2.75, 3.05) is 14.2 Å². The second kappa shape index (κ2) is 6.84. The first kappa shape index (κ1) is 18.0. The minimum absolute atomic E-state index is 0.0302. The molecule has 2 fully saturated rings. The number of aliphatic carboxylic acids is 1. The van der Waals surface area contributed by atoms with Crippen LogP contribution in [0, 0.1) is 5.92 Å². The third kappa shape index (κ3) is 3.08. The number of carboxylic acids is 1. The number of ether oxygens (including phenoxy) is 2. The zero-order valence-electron chi connectivity index (χ0n) is 14.3. The standard InChI is InChI=1S/C17H23NO6S/c1-23-15-8-7-12(10-16(15)24-2)25(21,22)18-13-6-4-3-5-11(13)9-14(18)17(19)20/h7-8,10-11,13-14H,3-6,9H2,1-2H3,(H,19,20). The van der Waals surface area contributed by atoms with Crippen molar-refractivity contribution < 1.29 is 27.8 Å². The molecule has 0 amide bonds. The summed E-state index contributed by atoms with van der Waals surface area (Å²) in [5, 5.41) is 9.57. The fourth-order valence-electron chi connectivity index (χ4n) is 4.07. The number of rotatable bonds is 5. The van der Waals surface area contributed by atoms with Crippen molar-refractivity contribution in [2.45, 2.75) is 49.1 Å². The molecule has 0 radical (unpaired) electrons. The van der Waals surface area contributed by atoms with Crippen LogP contribution in [-0.2, 0) is 14.8 Å². The molecule has 138 valence electrons. The fourth-order valence-corrected chi connectivity index (χ4v) is 5.96. The molecule has 1 aliphatic heterocycles. The molecule has 3 rings (SSSR count). The molecule has 1 saturated carbocycles. The van der Waals surface area contributed by atoms with Gasteiger partial charge in [-0.05, 0) is 37.3 Å². The van der Waals surface area contributed by atoms with E-state index in [1.807, 2.05) is 0 Å². The summed E-state index contributed by atoms with van der Waals surface area (Å²) in [5.74, 6) is -0.244. The summed E-state index contributed by atoms with van der Waals surface area (Å²) >= 11 is 0. The van der Waals surface area contributed by atoms with Gasteiger partial charge in [0.05, 0.1) is 19.1 Å². The Hall–Kier alpha value is -1.80. The van der Waals surface area contributed by atoms with Crippen molar-refractivity contribution in [1.29, 1.82) is 0 Å². The summed E-state index contributed by atoms with van der Waals surface area (Å²) in [5.41, 5.74) is 0. The molecule has 1 aromatic carbocycles. The first-order chi connectivity index (χ1) is 11.9. The summed E-state index contributed by atoms with van der Waals surface area (Å²) in [7, 11) is -1.04. The van der Waals surface area contributed by atoms with E-state index in [0.717, 1.165) is 19.3 Å². The number of fused-ring (bicyclic) bond motifs is 1. The smallest absolute Gasteiger partial charge is 0.322 e. The van der Waals surface area contributed by atoms with Crippen LogP contribution in [0.3, 0.4) is 0 Å². The van der Waals surface area contributed by atoms with E-state index in [1.165, 1.54) is 36.7 Å². The lowest BCUT2D eigenvalue weighted by atomic mass is 9.85. The zero-order valence-corrected chi connectivity index (χ0v) is 15.2. The van der Waals surface area contributed by atoms with Gasteiger partial charge < -0.3 is 14.6 Å². The van der Waals surface area contributed by atoms with Crippen molar-refractivity contribution in [2.24, 2.45) is 5.92 Å². The summed E-state index contributed by atoms with van der Waals surface area (Å²) in [6.07, 6.45) is 3.92. The van der Waals surface area contributed by atoms with Gasteiger partial charge in [-0.3, -0.25) is 4.79 Å². The average Bonchev–Trinajstić information content (AvgIpc) is 3.01. The van der Waals surface area contributed by atoms with Crippen molar-refractivity contribution in [3.05, 3.63) is 18.2 Å². The van der Waals surface area contributed by atoms with Crippen LogP contribution in [0.2, 0.25) is 0 Å². The molecule has 2 aliphatic rings. The van der Waals surface area contributed by atoms with E-state index < -0.39 is 22.0 Å². The molecule has 0 aromatic heterocycles. The lowest BCUT2D eigenvalue weighted by Crippen LogP contribution is -2.46. The number of hydrogen-bond donors (Lipinski definition) is 1. The minimum Gasteiger partial charge on any atom is -0.493 e. The molecule has 3 atom stereocenters. The number of carbonyl (C=O) groups is 1.